The largest absolute Gasteiger partial charge is 0.381 e. The van der Waals surface area contributed by atoms with E-state index in [2.05, 4.69) is 4.98 Å². The van der Waals surface area contributed by atoms with Gasteiger partial charge in [0.2, 0.25) is 0 Å². The summed E-state index contributed by atoms with van der Waals surface area (Å²) in [5, 5.41) is 0. The topological polar surface area (TPSA) is 25.4 Å². The van der Waals surface area contributed by atoms with E-state index in [1.54, 1.807) is 11.9 Å². The second kappa shape index (κ2) is 4.91. The van der Waals surface area contributed by atoms with Gasteiger partial charge in [0.05, 0.1) is 0 Å². The quantitative estimate of drug-likeness (QED) is 0.747. The number of rotatable bonds is 2. The Morgan fingerprint density at radius 3 is 2.53 bits per heavy atom. The van der Waals surface area contributed by atoms with E-state index in [0.29, 0.717) is 19.3 Å². The van der Waals surface area contributed by atoms with Gasteiger partial charge in [-0.05, 0) is 12.8 Å². The molecule has 1 saturated heterocycles. The predicted octanol–water partition coefficient (Wildman–Crippen LogP) is 2.11. The minimum absolute atomic E-state index is 0.0376. The highest BCUT2D eigenvalue weighted by atomic mass is 19.2. The molecule has 0 saturated carbocycles. The first-order valence-electron chi connectivity index (χ1n) is 5.41. The van der Waals surface area contributed by atoms with Gasteiger partial charge in [-0.3, -0.25) is 0 Å². The molecule has 1 aromatic rings. The zero-order chi connectivity index (χ0) is 12.4. The van der Waals surface area contributed by atoms with Gasteiger partial charge in [-0.15, -0.1) is 0 Å². The number of anilines is 1. The molecule has 0 aromatic carbocycles. The van der Waals surface area contributed by atoms with E-state index in [9.17, 15) is 13.2 Å². The second-order valence-corrected chi connectivity index (χ2v) is 4.02. The summed E-state index contributed by atoms with van der Waals surface area (Å²) in [4.78, 5) is 4.86. The van der Waals surface area contributed by atoms with Gasteiger partial charge in [-0.1, -0.05) is 0 Å². The number of aromatic nitrogens is 1. The summed E-state index contributed by atoms with van der Waals surface area (Å²) in [6, 6.07) is 0.559. The van der Waals surface area contributed by atoms with Crippen molar-refractivity contribution in [1.29, 1.82) is 0 Å². The maximum absolute atomic E-state index is 13.5. The third-order valence-electron chi connectivity index (χ3n) is 2.94. The Morgan fingerprint density at radius 2 is 1.88 bits per heavy atom. The molecule has 0 unspecified atom stereocenters. The smallest absolute Gasteiger partial charge is 0.251 e. The van der Waals surface area contributed by atoms with Gasteiger partial charge in [0, 0.05) is 32.4 Å². The van der Waals surface area contributed by atoms with Crippen LogP contribution in [0.4, 0.5) is 19.0 Å². The van der Waals surface area contributed by atoms with Crippen molar-refractivity contribution < 1.29 is 17.9 Å². The molecule has 0 radical (unpaired) electrons. The van der Waals surface area contributed by atoms with E-state index in [1.165, 1.54) is 0 Å². The first-order chi connectivity index (χ1) is 8.09. The lowest BCUT2D eigenvalue weighted by atomic mass is 10.1. The Morgan fingerprint density at radius 1 is 1.24 bits per heavy atom. The normalized spacial score (nSPS) is 17.2. The molecule has 0 N–H and O–H groups in total. The summed E-state index contributed by atoms with van der Waals surface area (Å²) in [7, 11) is 1.62. The standard InChI is InChI=1S/C11H13F3N2O/c1-16(7-2-4-17-5-3-7)11-9(13)6-8(12)10(14)15-11/h6-7H,2-5H2,1H3. The monoisotopic (exact) mass is 246 g/mol. The SMILES string of the molecule is CN(c1nc(F)c(F)cc1F)C1CCOCC1. The van der Waals surface area contributed by atoms with Gasteiger partial charge in [-0.25, -0.2) is 8.78 Å². The fraction of sp³-hybridized carbons (Fsp3) is 0.545. The van der Waals surface area contributed by atoms with Gasteiger partial charge < -0.3 is 9.64 Å². The van der Waals surface area contributed by atoms with Crippen LogP contribution in [-0.2, 0) is 4.74 Å². The zero-order valence-corrected chi connectivity index (χ0v) is 9.42. The number of hydrogen-bond acceptors (Lipinski definition) is 3. The van der Waals surface area contributed by atoms with Gasteiger partial charge in [0.15, 0.2) is 17.5 Å². The molecule has 3 nitrogen and oxygen atoms in total. The summed E-state index contributed by atoms with van der Waals surface area (Å²) in [5.41, 5.74) is 0. The van der Waals surface area contributed by atoms with Crippen LogP contribution in [-0.4, -0.2) is 31.3 Å². The van der Waals surface area contributed by atoms with Crippen molar-refractivity contribution in [3.05, 3.63) is 23.6 Å². The molecule has 2 rings (SSSR count). The highest BCUT2D eigenvalue weighted by molar-refractivity contribution is 5.40. The fourth-order valence-electron chi connectivity index (χ4n) is 1.93. The van der Waals surface area contributed by atoms with Crippen molar-refractivity contribution in [1.82, 2.24) is 4.98 Å². The lowest BCUT2D eigenvalue weighted by Gasteiger charge is -2.32. The molecular weight excluding hydrogens is 233 g/mol. The van der Waals surface area contributed by atoms with Crippen molar-refractivity contribution in [2.45, 2.75) is 18.9 Å². The first kappa shape index (κ1) is 12.2. The molecule has 1 aromatic heterocycles. The summed E-state index contributed by atoms with van der Waals surface area (Å²) >= 11 is 0. The number of hydrogen-bond donors (Lipinski definition) is 0. The Kier molecular flexibility index (Phi) is 3.51. The van der Waals surface area contributed by atoms with Crippen LogP contribution in [0.5, 0.6) is 0 Å². The second-order valence-electron chi connectivity index (χ2n) is 4.02. The highest BCUT2D eigenvalue weighted by Gasteiger charge is 2.23. The lowest BCUT2D eigenvalue weighted by Crippen LogP contribution is -2.37. The van der Waals surface area contributed by atoms with Crippen LogP contribution in [0.3, 0.4) is 0 Å². The molecule has 94 valence electrons. The van der Waals surface area contributed by atoms with Crippen LogP contribution in [0.1, 0.15) is 12.8 Å². The molecule has 0 spiro atoms. The predicted molar refractivity (Wildman–Crippen MR) is 56.4 cm³/mol. The minimum atomic E-state index is -1.28. The Labute approximate surface area is 97.2 Å². The molecule has 1 aliphatic heterocycles. The van der Waals surface area contributed by atoms with Crippen molar-refractivity contribution in [3.63, 3.8) is 0 Å². The first-order valence-corrected chi connectivity index (χ1v) is 5.41. The lowest BCUT2D eigenvalue weighted by molar-refractivity contribution is 0.0852. The summed E-state index contributed by atoms with van der Waals surface area (Å²) < 4.78 is 44.4. The van der Waals surface area contributed by atoms with Crippen LogP contribution < -0.4 is 4.90 Å². The van der Waals surface area contributed by atoms with Crippen LogP contribution in [0.2, 0.25) is 0 Å². The van der Waals surface area contributed by atoms with Crippen LogP contribution in [0.25, 0.3) is 0 Å². The van der Waals surface area contributed by atoms with E-state index >= 15 is 0 Å². The Hall–Kier alpha value is -1.30. The van der Waals surface area contributed by atoms with Crippen molar-refractivity contribution in [3.8, 4) is 0 Å². The molecule has 0 aliphatic carbocycles. The number of nitrogens with zero attached hydrogens (tertiary/aromatic N) is 2. The molecule has 1 aliphatic rings. The Balaban J connectivity index is 2.23. The van der Waals surface area contributed by atoms with E-state index in [0.717, 1.165) is 12.8 Å². The average molecular weight is 246 g/mol. The molecule has 17 heavy (non-hydrogen) atoms. The maximum Gasteiger partial charge on any atom is 0.251 e. The average Bonchev–Trinajstić information content (AvgIpc) is 2.34. The summed E-state index contributed by atoms with van der Waals surface area (Å²) in [6.45, 7) is 1.17. The van der Waals surface area contributed by atoms with Crippen molar-refractivity contribution in [2.75, 3.05) is 25.2 Å². The molecule has 2 heterocycles. The van der Waals surface area contributed by atoms with E-state index < -0.39 is 17.6 Å². The molecule has 0 amide bonds. The number of halogens is 3. The van der Waals surface area contributed by atoms with Crippen molar-refractivity contribution >= 4 is 5.82 Å². The zero-order valence-electron chi connectivity index (χ0n) is 9.42. The molecule has 1 fully saturated rings. The number of pyridine rings is 1. The van der Waals surface area contributed by atoms with Crippen molar-refractivity contribution in [2.24, 2.45) is 0 Å². The molecule has 0 atom stereocenters. The van der Waals surface area contributed by atoms with Crippen LogP contribution in [0, 0.1) is 17.6 Å². The third kappa shape index (κ3) is 2.52. The van der Waals surface area contributed by atoms with E-state index in [1.807, 2.05) is 0 Å². The maximum atomic E-state index is 13.5. The summed E-state index contributed by atoms with van der Waals surface area (Å²) in [6.07, 6.45) is 1.44. The van der Waals surface area contributed by atoms with E-state index in [-0.39, 0.29) is 11.9 Å². The summed E-state index contributed by atoms with van der Waals surface area (Å²) in [5.74, 6) is -3.55. The molecular formula is C11H13F3N2O. The third-order valence-corrected chi connectivity index (χ3v) is 2.94. The molecule has 6 heteroatoms. The number of ether oxygens (including phenoxy) is 1. The van der Waals surface area contributed by atoms with E-state index in [4.69, 9.17) is 4.74 Å². The van der Waals surface area contributed by atoms with Crippen LogP contribution >= 0.6 is 0 Å². The Bertz CT molecular complexity index is 408. The minimum Gasteiger partial charge on any atom is -0.381 e. The molecule has 0 bridgehead atoms. The van der Waals surface area contributed by atoms with Crippen LogP contribution in [0.15, 0.2) is 6.07 Å². The van der Waals surface area contributed by atoms with Gasteiger partial charge in [0.25, 0.3) is 5.95 Å². The van der Waals surface area contributed by atoms with Gasteiger partial charge in [-0.2, -0.15) is 9.37 Å². The van der Waals surface area contributed by atoms with Gasteiger partial charge in [0.1, 0.15) is 0 Å². The van der Waals surface area contributed by atoms with Gasteiger partial charge >= 0.3 is 0 Å². The fourth-order valence-corrected chi connectivity index (χ4v) is 1.93. The highest BCUT2D eigenvalue weighted by Crippen LogP contribution is 2.23.